The zero-order valence-electron chi connectivity index (χ0n) is 13.0. The first-order chi connectivity index (χ1) is 11.2. The van der Waals surface area contributed by atoms with Gasteiger partial charge in [0.05, 0.1) is 18.4 Å². The Morgan fingerprint density at radius 2 is 2.13 bits per heavy atom. The minimum atomic E-state index is -0.154. The van der Waals surface area contributed by atoms with Crippen LogP contribution in [0.15, 0.2) is 36.7 Å². The number of rotatable bonds is 4. The molecule has 1 aliphatic rings. The summed E-state index contributed by atoms with van der Waals surface area (Å²) in [7, 11) is 0. The molecule has 0 atom stereocenters. The fraction of sp³-hybridized carbons (Fsp3) is 0.412. The molecule has 1 fully saturated rings. The average Bonchev–Trinajstić information content (AvgIpc) is 2.95. The van der Waals surface area contributed by atoms with Gasteiger partial charge in [0.25, 0.3) is 0 Å². The predicted molar refractivity (Wildman–Crippen MR) is 91.8 cm³/mol. The highest BCUT2D eigenvalue weighted by Crippen LogP contribution is 2.17. The SMILES string of the molecule is O=C(Nc1cnn(Cc2cccc(Cl)c2)c1)NC1CCCCC1. The Kier molecular flexibility index (Phi) is 5.18. The number of nitrogens with zero attached hydrogens (tertiary/aromatic N) is 2. The third-order valence-electron chi connectivity index (χ3n) is 4.07. The normalized spacial score (nSPS) is 15.3. The van der Waals surface area contributed by atoms with Crippen LogP contribution in [-0.2, 0) is 6.54 Å². The summed E-state index contributed by atoms with van der Waals surface area (Å²) >= 11 is 5.98. The first-order valence-corrected chi connectivity index (χ1v) is 8.41. The molecule has 1 aliphatic carbocycles. The molecular formula is C17H21ClN4O. The third-order valence-corrected chi connectivity index (χ3v) is 4.30. The van der Waals surface area contributed by atoms with Crippen LogP contribution in [0.25, 0.3) is 0 Å². The van der Waals surface area contributed by atoms with E-state index in [1.807, 2.05) is 30.5 Å². The summed E-state index contributed by atoms with van der Waals surface area (Å²) in [5.74, 6) is 0. The molecule has 1 aromatic heterocycles. The lowest BCUT2D eigenvalue weighted by atomic mass is 9.96. The molecule has 2 amide bonds. The summed E-state index contributed by atoms with van der Waals surface area (Å²) < 4.78 is 1.78. The van der Waals surface area contributed by atoms with Gasteiger partial charge in [0.1, 0.15) is 0 Å². The maximum atomic E-state index is 12.0. The second kappa shape index (κ2) is 7.51. The Balaban J connectivity index is 1.53. The minimum Gasteiger partial charge on any atom is -0.335 e. The predicted octanol–water partition coefficient (Wildman–Crippen LogP) is 4.04. The molecule has 6 heteroatoms. The summed E-state index contributed by atoms with van der Waals surface area (Å²) in [6.07, 6.45) is 9.29. The van der Waals surface area contributed by atoms with Gasteiger partial charge in [-0.3, -0.25) is 4.68 Å². The molecule has 1 heterocycles. The Labute approximate surface area is 141 Å². The van der Waals surface area contributed by atoms with Gasteiger partial charge in [0, 0.05) is 17.3 Å². The molecular weight excluding hydrogens is 312 g/mol. The van der Waals surface area contributed by atoms with Gasteiger partial charge in [-0.05, 0) is 30.5 Å². The lowest BCUT2D eigenvalue weighted by molar-refractivity contribution is 0.244. The van der Waals surface area contributed by atoms with Gasteiger partial charge >= 0.3 is 6.03 Å². The Morgan fingerprint density at radius 3 is 2.91 bits per heavy atom. The number of benzene rings is 1. The van der Waals surface area contributed by atoms with Gasteiger partial charge in [-0.2, -0.15) is 5.10 Å². The highest BCUT2D eigenvalue weighted by Gasteiger charge is 2.15. The van der Waals surface area contributed by atoms with Crippen molar-refractivity contribution in [2.45, 2.75) is 44.7 Å². The summed E-state index contributed by atoms with van der Waals surface area (Å²) in [5.41, 5.74) is 1.76. The van der Waals surface area contributed by atoms with Crippen LogP contribution in [0.5, 0.6) is 0 Å². The smallest absolute Gasteiger partial charge is 0.319 e. The fourth-order valence-electron chi connectivity index (χ4n) is 2.94. The quantitative estimate of drug-likeness (QED) is 0.887. The standard InChI is InChI=1S/C17H21ClN4O/c18-14-6-4-5-13(9-14)11-22-12-16(10-19-22)21-17(23)20-15-7-2-1-3-8-15/h4-6,9-10,12,15H,1-3,7-8,11H2,(H2,20,21,23). The van der Waals surface area contributed by atoms with Crippen molar-refractivity contribution < 1.29 is 4.79 Å². The van der Waals surface area contributed by atoms with Crippen molar-refractivity contribution in [3.8, 4) is 0 Å². The number of anilines is 1. The van der Waals surface area contributed by atoms with Crippen LogP contribution in [0.1, 0.15) is 37.7 Å². The monoisotopic (exact) mass is 332 g/mol. The Morgan fingerprint density at radius 1 is 1.30 bits per heavy atom. The first-order valence-electron chi connectivity index (χ1n) is 8.03. The van der Waals surface area contributed by atoms with Crippen LogP contribution in [0.4, 0.5) is 10.5 Å². The highest BCUT2D eigenvalue weighted by atomic mass is 35.5. The van der Waals surface area contributed by atoms with E-state index in [9.17, 15) is 4.79 Å². The van der Waals surface area contributed by atoms with Crippen molar-refractivity contribution in [2.24, 2.45) is 0 Å². The van der Waals surface area contributed by atoms with Crippen molar-refractivity contribution in [3.63, 3.8) is 0 Å². The molecule has 5 nitrogen and oxygen atoms in total. The summed E-state index contributed by atoms with van der Waals surface area (Å²) in [6.45, 7) is 0.618. The maximum Gasteiger partial charge on any atom is 0.319 e. The fourth-order valence-corrected chi connectivity index (χ4v) is 3.15. The number of carbonyl (C=O) groups is 1. The van der Waals surface area contributed by atoms with Crippen molar-refractivity contribution in [2.75, 3.05) is 5.32 Å². The number of carbonyl (C=O) groups excluding carboxylic acids is 1. The number of nitrogens with one attached hydrogen (secondary N) is 2. The summed E-state index contributed by atoms with van der Waals surface area (Å²) in [6, 6.07) is 7.81. The van der Waals surface area contributed by atoms with E-state index in [-0.39, 0.29) is 6.03 Å². The van der Waals surface area contributed by atoms with E-state index < -0.39 is 0 Å². The molecule has 0 bridgehead atoms. The molecule has 122 valence electrons. The molecule has 3 rings (SSSR count). The van der Waals surface area contributed by atoms with Crippen molar-refractivity contribution in [3.05, 3.63) is 47.2 Å². The lowest BCUT2D eigenvalue weighted by Crippen LogP contribution is -2.38. The van der Waals surface area contributed by atoms with Crippen LogP contribution >= 0.6 is 11.6 Å². The van der Waals surface area contributed by atoms with Crippen LogP contribution in [0.2, 0.25) is 5.02 Å². The van der Waals surface area contributed by atoms with Gasteiger partial charge in [-0.25, -0.2) is 4.79 Å². The van der Waals surface area contributed by atoms with E-state index in [1.54, 1.807) is 10.9 Å². The van der Waals surface area contributed by atoms with E-state index in [2.05, 4.69) is 15.7 Å². The zero-order valence-corrected chi connectivity index (χ0v) is 13.7. The number of hydrogen-bond acceptors (Lipinski definition) is 2. The summed E-state index contributed by atoms with van der Waals surface area (Å²) in [5, 5.41) is 10.9. The molecule has 1 saturated carbocycles. The van der Waals surface area contributed by atoms with E-state index in [0.717, 1.165) is 18.4 Å². The number of aromatic nitrogens is 2. The molecule has 23 heavy (non-hydrogen) atoms. The van der Waals surface area contributed by atoms with Gasteiger partial charge in [-0.15, -0.1) is 0 Å². The van der Waals surface area contributed by atoms with E-state index in [1.165, 1.54) is 19.3 Å². The van der Waals surface area contributed by atoms with Gasteiger partial charge in [0.15, 0.2) is 0 Å². The van der Waals surface area contributed by atoms with Crippen molar-refractivity contribution in [1.29, 1.82) is 0 Å². The van der Waals surface area contributed by atoms with Crippen LogP contribution in [0, 0.1) is 0 Å². The van der Waals surface area contributed by atoms with E-state index in [4.69, 9.17) is 11.6 Å². The summed E-state index contributed by atoms with van der Waals surface area (Å²) in [4.78, 5) is 12.0. The second-order valence-corrected chi connectivity index (χ2v) is 6.43. The van der Waals surface area contributed by atoms with Crippen LogP contribution < -0.4 is 10.6 Å². The molecule has 1 aromatic carbocycles. The highest BCUT2D eigenvalue weighted by molar-refractivity contribution is 6.30. The molecule has 0 spiro atoms. The van der Waals surface area contributed by atoms with E-state index in [0.29, 0.717) is 23.3 Å². The molecule has 0 aliphatic heterocycles. The van der Waals surface area contributed by atoms with Gasteiger partial charge < -0.3 is 10.6 Å². The molecule has 0 radical (unpaired) electrons. The number of urea groups is 1. The maximum absolute atomic E-state index is 12.0. The molecule has 2 aromatic rings. The lowest BCUT2D eigenvalue weighted by Gasteiger charge is -2.22. The minimum absolute atomic E-state index is 0.154. The number of halogens is 1. The second-order valence-electron chi connectivity index (χ2n) is 5.99. The van der Waals surface area contributed by atoms with E-state index >= 15 is 0 Å². The first kappa shape index (κ1) is 15.9. The molecule has 0 unspecified atom stereocenters. The Hall–Kier alpha value is -2.01. The van der Waals surface area contributed by atoms with Crippen LogP contribution in [0.3, 0.4) is 0 Å². The zero-order chi connectivity index (χ0) is 16.1. The van der Waals surface area contributed by atoms with Gasteiger partial charge in [0.2, 0.25) is 0 Å². The van der Waals surface area contributed by atoms with Crippen LogP contribution in [-0.4, -0.2) is 21.9 Å². The van der Waals surface area contributed by atoms with Crippen molar-refractivity contribution >= 4 is 23.3 Å². The van der Waals surface area contributed by atoms with Gasteiger partial charge in [-0.1, -0.05) is 43.0 Å². The number of amides is 2. The van der Waals surface area contributed by atoms with Crippen molar-refractivity contribution in [1.82, 2.24) is 15.1 Å². The largest absolute Gasteiger partial charge is 0.335 e. The Bertz CT molecular complexity index is 664. The molecule has 0 saturated heterocycles. The topological polar surface area (TPSA) is 59.0 Å². The average molecular weight is 333 g/mol. The third kappa shape index (κ3) is 4.73. The number of hydrogen-bond donors (Lipinski definition) is 2. The molecule has 2 N–H and O–H groups in total.